The van der Waals surface area contributed by atoms with Gasteiger partial charge in [-0.3, -0.25) is 0 Å². The molecule has 1 radical (unpaired) electrons. The minimum absolute atomic E-state index is 0.369. The Balaban J connectivity index is 1.32. The summed E-state index contributed by atoms with van der Waals surface area (Å²) in [5, 5.41) is 21.4. The summed E-state index contributed by atoms with van der Waals surface area (Å²) >= 11 is 0. The van der Waals surface area contributed by atoms with Crippen molar-refractivity contribution in [2.75, 3.05) is 44.8 Å². The highest BCUT2D eigenvalue weighted by Gasteiger charge is 2.28. The van der Waals surface area contributed by atoms with E-state index in [0.717, 1.165) is 48.6 Å². The third-order valence-electron chi connectivity index (χ3n) is 5.78. The van der Waals surface area contributed by atoms with Gasteiger partial charge in [-0.1, -0.05) is 0 Å². The second kappa shape index (κ2) is 9.68. The topological polar surface area (TPSA) is 121 Å². The summed E-state index contributed by atoms with van der Waals surface area (Å²) in [6.45, 7) is 4.18. The van der Waals surface area contributed by atoms with E-state index in [1.54, 1.807) is 13.4 Å². The molecule has 0 N–H and O–H groups in total. The molecule has 0 spiro atoms. The van der Waals surface area contributed by atoms with Crippen LogP contribution >= 0.6 is 0 Å². The van der Waals surface area contributed by atoms with Crippen LogP contribution in [0.1, 0.15) is 5.56 Å². The predicted molar refractivity (Wildman–Crippen MR) is 124 cm³/mol. The van der Waals surface area contributed by atoms with Crippen LogP contribution in [0.25, 0.3) is 10.9 Å². The van der Waals surface area contributed by atoms with Crippen LogP contribution in [0.2, 0.25) is 0 Å². The third-order valence-corrected chi connectivity index (χ3v) is 5.78. The Morgan fingerprint density at radius 3 is 2.59 bits per heavy atom. The molecule has 5 rings (SSSR count). The number of rotatable bonds is 7. The molecule has 0 amide bonds. The Labute approximate surface area is 196 Å². The number of piperazine rings is 1. The van der Waals surface area contributed by atoms with E-state index in [2.05, 4.69) is 41.2 Å². The highest BCUT2D eigenvalue weighted by atomic mass is 16.5. The monoisotopic (exact) mass is 457 g/mol. The van der Waals surface area contributed by atoms with Crippen molar-refractivity contribution in [2.24, 2.45) is 0 Å². The van der Waals surface area contributed by atoms with E-state index in [-0.39, 0.29) is 0 Å². The molecule has 1 saturated heterocycles. The van der Waals surface area contributed by atoms with E-state index in [0.29, 0.717) is 30.2 Å². The van der Waals surface area contributed by atoms with Gasteiger partial charge in [0.25, 0.3) is 0 Å². The molecule has 0 atom stereocenters. The maximum absolute atomic E-state index is 9.01. The number of tetrazole rings is 1. The van der Waals surface area contributed by atoms with Crippen LogP contribution in [0.4, 0.5) is 11.5 Å². The minimum Gasteiger partial charge on any atom is -0.493 e. The second-order valence-electron chi connectivity index (χ2n) is 7.73. The predicted octanol–water partition coefficient (Wildman–Crippen LogP) is 1.87. The first-order valence-corrected chi connectivity index (χ1v) is 10.9. The lowest BCUT2D eigenvalue weighted by atomic mass is 10.1. The molecule has 0 aliphatic carbocycles. The summed E-state index contributed by atoms with van der Waals surface area (Å²) in [6.07, 6.45) is 2.97. The van der Waals surface area contributed by atoms with E-state index in [1.807, 2.05) is 36.4 Å². The standard InChI is InChI=1S/C23H23N9O2/c1-33-21-12-19-20(13-22(21)34-11-10-32-28-16-27-29-32)25-15-26-23(19)31-8-6-30(7-9-31)18-4-2-17(14-24)3-5-18/h2-5,12-13,15-16H,6-11H2,1H3/q+1. The van der Waals surface area contributed by atoms with E-state index in [9.17, 15) is 0 Å². The molecule has 1 fully saturated rings. The SMILES string of the molecule is COc1cc2c(N3CC[N+](c4ccc(C#N)cc4)CC3)ncnc2cc1OCCn1ncnn1. The average Bonchev–Trinajstić information content (AvgIpc) is 3.42. The van der Waals surface area contributed by atoms with Crippen molar-refractivity contribution in [3.63, 3.8) is 0 Å². The van der Waals surface area contributed by atoms with Gasteiger partial charge in [-0.05, 0) is 23.4 Å². The molecule has 4 aromatic rings. The molecule has 0 unspecified atom stereocenters. The van der Waals surface area contributed by atoms with Crippen molar-refractivity contribution in [1.82, 2.24) is 35.1 Å². The van der Waals surface area contributed by atoms with Crippen LogP contribution in [0, 0.1) is 11.3 Å². The van der Waals surface area contributed by atoms with E-state index in [4.69, 9.17) is 14.7 Å². The van der Waals surface area contributed by atoms with Crippen molar-refractivity contribution >= 4 is 22.4 Å². The summed E-state index contributed by atoms with van der Waals surface area (Å²) < 4.78 is 11.5. The summed E-state index contributed by atoms with van der Waals surface area (Å²) in [4.78, 5) is 15.1. The first kappa shape index (κ1) is 21.5. The fourth-order valence-electron chi connectivity index (χ4n) is 4.03. The largest absolute Gasteiger partial charge is 0.493 e. The minimum atomic E-state index is 0.369. The number of anilines is 2. The summed E-state index contributed by atoms with van der Waals surface area (Å²) in [5.41, 5.74) is 2.58. The zero-order valence-electron chi connectivity index (χ0n) is 18.7. The summed E-state index contributed by atoms with van der Waals surface area (Å²) in [6, 6.07) is 13.7. The number of nitrogens with zero attached hydrogens (tertiary/aromatic N) is 9. The smallest absolute Gasteiger partial charge is 0.180 e. The van der Waals surface area contributed by atoms with Crippen LogP contribution < -0.4 is 19.3 Å². The van der Waals surface area contributed by atoms with Crippen molar-refractivity contribution in [3.8, 4) is 17.6 Å². The Kier molecular flexibility index (Phi) is 6.13. The van der Waals surface area contributed by atoms with Gasteiger partial charge in [-0.15, -0.1) is 15.1 Å². The number of fused-ring (bicyclic) bond motifs is 1. The van der Waals surface area contributed by atoms with Gasteiger partial charge in [-0.25, -0.2) is 9.97 Å². The summed E-state index contributed by atoms with van der Waals surface area (Å²) in [5.74, 6) is 2.10. The van der Waals surface area contributed by atoms with E-state index < -0.39 is 0 Å². The quantitative estimate of drug-likeness (QED) is 0.383. The average molecular weight is 457 g/mol. The van der Waals surface area contributed by atoms with Crippen LogP contribution in [-0.2, 0) is 6.54 Å². The van der Waals surface area contributed by atoms with Crippen LogP contribution in [0.5, 0.6) is 11.5 Å². The van der Waals surface area contributed by atoms with Crippen molar-refractivity contribution < 1.29 is 9.47 Å². The Bertz CT molecular complexity index is 1290. The molecule has 2 aromatic heterocycles. The van der Waals surface area contributed by atoms with Crippen molar-refractivity contribution in [1.29, 1.82) is 5.26 Å². The van der Waals surface area contributed by atoms with Gasteiger partial charge in [-0.2, -0.15) is 10.1 Å². The number of ether oxygens (including phenoxy) is 2. The maximum Gasteiger partial charge on any atom is 0.180 e. The molecular formula is C23H23N9O2+. The molecule has 34 heavy (non-hydrogen) atoms. The number of methoxy groups -OCH3 is 1. The highest BCUT2D eigenvalue weighted by molar-refractivity contribution is 5.92. The zero-order valence-corrected chi connectivity index (χ0v) is 18.7. The number of aromatic nitrogens is 6. The molecule has 11 heteroatoms. The lowest BCUT2D eigenvalue weighted by Gasteiger charge is -2.29. The molecule has 171 valence electrons. The molecule has 1 aliphatic heterocycles. The zero-order chi connectivity index (χ0) is 23.3. The highest BCUT2D eigenvalue weighted by Crippen LogP contribution is 2.35. The molecule has 3 heterocycles. The lowest BCUT2D eigenvalue weighted by molar-refractivity contribution is 0.266. The molecule has 0 bridgehead atoms. The first-order chi connectivity index (χ1) is 16.7. The van der Waals surface area contributed by atoms with Gasteiger partial charge in [0, 0.05) is 23.6 Å². The van der Waals surface area contributed by atoms with Gasteiger partial charge >= 0.3 is 0 Å². The molecular weight excluding hydrogens is 434 g/mol. The van der Waals surface area contributed by atoms with Crippen LogP contribution in [-0.4, -0.2) is 70.1 Å². The molecule has 0 saturated carbocycles. The van der Waals surface area contributed by atoms with Gasteiger partial charge in [0.2, 0.25) is 0 Å². The van der Waals surface area contributed by atoms with Crippen LogP contribution in [0.15, 0.2) is 49.1 Å². The summed E-state index contributed by atoms with van der Waals surface area (Å²) in [7, 11) is 1.62. The fourth-order valence-corrected chi connectivity index (χ4v) is 4.03. The number of hydrogen-bond donors (Lipinski definition) is 0. The van der Waals surface area contributed by atoms with Crippen molar-refractivity contribution in [2.45, 2.75) is 6.54 Å². The Hall–Kier alpha value is -4.30. The Morgan fingerprint density at radius 1 is 1.06 bits per heavy atom. The second-order valence-corrected chi connectivity index (χ2v) is 7.73. The van der Waals surface area contributed by atoms with Gasteiger partial charge < -0.3 is 14.4 Å². The van der Waals surface area contributed by atoms with Gasteiger partial charge in [0.15, 0.2) is 23.5 Å². The normalized spacial score (nSPS) is 14.2. The molecule has 1 aliphatic rings. The van der Waals surface area contributed by atoms with Crippen molar-refractivity contribution in [3.05, 3.63) is 54.6 Å². The first-order valence-electron chi connectivity index (χ1n) is 10.9. The lowest BCUT2D eigenvalue weighted by Crippen LogP contribution is -2.47. The number of hydrogen-bond acceptors (Lipinski definition) is 10. The van der Waals surface area contributed by atoms with Gasteiger partial charge in [0.1, 0.15) is 31.8 Å². The number of nitriles is 1. The molecule has 2 aromatic carbocycles. The Morgan fingerprint density at radius 2 is 1.88 bits per heavy atom. The molecule has 11 nitrogen and oxygen atoms in total. The van der Waals surface area contributed by atoms with E-state index >= 15 is 0 Å². The number of benzene rings is 2. The van der Waals surface area contributed by atoms with Gasteiger partial charge in [0.05, 0.1) is 43.9 Å². The maximum atomic E-state index is 9.01. The third kappa shape index (κ3) is 4.44. The van der Waals surface area contributed by atoms with E-state index in [1.165, 1.54) is 11.1 Å². The fraction of sp³-hybridized carbons (Fsp3) is 0.304. The van der Waals surface area contributed by atoms with Crippen LogP contribution in [0.3, 0.4) is 0 Å².